The highest BCUT2D eigenvalue weighted by molar-refractivity contribution is 7.17. The Morgan fingerprint density at radius 2 is 1.95 bits per heavy atom. The van der Waals surface area contributed by atoms with Gasteiger partial charge in [-0.3, -0.25) is 4.98 Å². The molecule has 3 aromatic rings. The van der Waals surface area contributed by atoms with Crippen molar-refractivity contribution in [2.24, 2.45) is 0 Å². The Bertz CT molecular complexity index is 780. The molecule has 1 atom stereocenters. The molecule has 3 rings (SSSR count). The maximum atomic E-state index is 12.8. The molecule has 0 saturated heterocycles. The molecular formula is C15H11F3N2S. The molecule has 6 heteroatoms. The average Bonchev–Trinajstić information content (AvgIpc) is 2.94. The second-order valence-corrected chi connectivity index (χ2v) is 5.60. The molecule has 2 nitrogen and oxygen atoms in total. The lowest BCUT2D eigenvalue weighted by Crippen LogP contribution is -2.17. The first kappa shape index (κ1) is 14.0. The molecule has 1 unspecified atom stereocenters. The first-order valence-electron chi connectivity index (χ1n) is 6.32. The van der Waals surface area contributed by atoms with E-state index in [2.05, 4.69) is 9.97 Å². The lowest BCUT2D eigenvalue weighted by molar-refractivity contribution is -0.146. The van der Waals surface area contributed by atoms with E-state index in [4.69, 9.17) is 0 Å². The summed E-state index contributed by atoms with van der Waals surface area (Å²) in [5.74, 6) is -1.51. The molecule has 2 heterocycles. The Kier molecular flexibility index (Phi) is 3.41. The zero-order valence-electron chi connectivity index (χ0n) is 11.1. The summed E-state index contributed by atoms with van der Waals surface area (Å²) in [7, 11) is 0. The van der Waals surface area contributed by atoms with Crippen molar-refractivity contribution in [2.45, 2.75) is 19.0 Å². The van der Waals surface area contributed by atoms with Gasteiger partial charge in [0.25, 0.3) is 0 Å². The predicted molar refractivity (Wildman–Crippen MR) is 77.3 cm³/mol. The molecule has 0 fully saturated rings. The molecular weight excluding hydrogens is 297 g/mol. The van der Waals surface area contributed by atoms with Crippen molar-refractivity contribution in [3.05, 3.63) is 47.6 Å². The fourth-order valence-electron chi connectivity index (χ4n) is 2.14. The van der Waals surface area contributed by atoms with E-state index in [1.165, 1.54) is 29.7 Å². The number of alkyl halides is 3. The number of thiazole rings is 1. The van der Waals surface area contributed by atoms with E-state index in [0.29, 0.717) is 5.69 Å². The summed E-state index contributed by atoms with van der Waals surface area (Å²) < 4.78 is 39.5. The first-order valence-corrected chi connectivity index (χ1v) is 7.20. The van der Waals surface area contributed by atoms with Crippen LogP contribution in [0.3, 0.4) is 0 Å². The van der Waals surface area contributed by atoms with E-state index >= 15 is 0 Å². The number of nitrogens with zero attached hydrogens (tertiary/aromatic N) is 2. The number of fused-ring (bicyclic) bond motifs is 1. The van der Waals surface area contributed by atoms with Gasteiger partial charge in [0.05, 0.1) is 27.3 Å². The molecule has 0 N–H and O–H groups in total. The Morgan fingerprint density at radius 3 is 2.71 bits per heavy atom. The van der Waals surface area contributed by atoms with Crippen LogP contribution in [0.1, 0.15) is 18.4 Å². The van der Waals surface area contributed by atoms with Gasteiger partial charge in [-0.15, -0.1) is 11.3 Å². The minimum Gasteiger partial charge on any atom is -0.256 e. The van der Waals surface area contributed by atoms with Crippen LogP contribution in [0.15, 0.2) is 42.0 Å². The fraction of sp³-hybridized carbons (Fsp3) is 0.200. The maximum Gasteiger partial charge on any atom is 0.395 e. The second-order valence-electron chi connectivity index (χ2n) is 4.74. The number of pyridine rings is 1. The monoisotopic (exact) mass is 308 g/mol. The molecule has 0 saturated carbocycles. The van der Waals surface area contributed by atoms with Gasteiger partial charge in [0.1, 0.15) is 0 Å². The smallest absolute Gasteiger partial charge is 0.256 e. The SMILES string of the molecule is CC(c1ccnc(-c2cccc3ncsc23)c1)C(F)(F)F. The number of aromatic nitrogens is 2. The van der Waals surface area contributed by atoms with Crippen molar-refractivity contribution < 1.29 is 13.2 Å². The summed E-state index contributed by atoms with van der Waals surface area (Å²) in [5, 5.41) is 0. The van der Waals surface area contributed by atoms with Gasteiger partial charge in [-0.2, -0.15) is 13.2 Å². The lowest BCUT2D eigenvalue weighted by atomic mass is 9.99. The van der Waals surface area contributed by atoms with E-state index in [1.54, 1.807) is 5.51 Å². The average molecular weight is 308 g/mol. The second kappa shape index (κ2) is 5.11. The van der Waals surface area contributed by atoms with Gasteiger partial charge < -0.3 is 0 Å². The van der Waals surface area contributed by atoms with E-state index in [1.807, 2.05) is 18.2 Å². The van der Waals surface area contributed by atoms with E-state index in [9.17, 15) is 13.2 Å². The summed E-state index contributed by atoms with van der Waals surface area (Å²) in [6.07, 6.45) is -2.83. The topological polar surface area (TPSA) is 25.8 Å². The molecule has 0 amide bonds. The third-order valence-corrected chi connectivity index (χ3v) is 4.28. The van der Waals surface area contributed by atoms with Gasteiger partial charge in [-0.25, -0.2) is 4.98 Å². The van der Waals surface area contributed by atoms with Gasteiger partial charge in [0.2, 0.25) is 0 Å². The van der Waals surface area contributed by atoms with Crippen LogP contribution in [0.5, 0.6) is 0 Å². The van der Waals surface area contributed by atoms with Crippen LogP contribution in [0, 0.1) is 0 Å². The van der Waals surface area contributed by atoms with Crippen molar-refractivity contribution in [1.29, 1.82) is 0 Å². The molecule has 0 radical (unpaired) electrons. The van der Waals surface area contributed by atoms with Crippen molar-refractivity contribution in [3.63, 3.8) is 0 Å². The quantitative estimate of drug-likeness (QED) is 0.664. The Labute approximate surface area is 123 Å². The molecule has 0 spiro atoms. The Hall–Kier alpha value is -1.95. The molecule has 0 aliphatic carbocycles. The third kappa shape index (κ3) is 2.63. The van der Waals surface area contributed by atoms with Crippen LogP contribution in [-0.2, 0) is 0 Å². The first-order chi connectivity index (χ1) is 9.97. The summed E-state index contributed by atoms with van der Waals surface area (Å²) in [6.45, 7) is 1.16. The number of hydrogen-bond acceptors (Lipinski definition) is 3. The van der Waals surface area contributed by atoms with Gasteiger partial charge in [-0.05, 0) is 30.7 Å². The molecule has 2 aromatic heterocycles. The normalized spacial score (nSPS) is 13.5. The molecule has 0 aliphatic heterocycles. The molecule has 108 valence electrons. The van der Waals surface area contributed by atoms with Crippen molar-refractivity contribution in [1.82, 2.24) is 9.97 Å². The van der Waals surface area contributed by atoms with Crippen LogP contribution in [-0.4, -0.2) is 16.1 Å². The molecule has 21 heavy (non-hydrogen) atoms. The van der Waals surface area contributed by atoms with E-state index in [-0.39, 0.29) is 5.56 Å². The molecule has 1 aromatic carbocycles. The fourth-order valence-corrected chi connectivity index (χ4v) is 2.95. The van der Waals surface area contributed by atoms with Crippen LogP contribution in [0.2, 0.25) is 0 Å². The highest BCUT2D eigenvalue weighted by Crippen LogP contribution is 2.36. The van der Waals surface area contributed by atoms with Crippen LogP contribution >= 0.6 is 11.3 Å². The van der Waals surface area contributed by atoms with Crippen LogP contribution in [0.25, 0.3) is 21.5 Å². The van der Waals surface area contributed by atoms with Crippen molar-refractivity contribution >= 4 is 21.6 Å². The van der Waals surface area contributed by atoms with Crippen LogP contribution < -0.4 is 0 Å². The highest BCUT2D eigenvalue weighted by atomic mass is 32.1. The van der Waals surface area contributed by atoms with E-state index < -0.39 is 12.1 Å². The highest BCUT2D eigenvalue weighted by Gasteiger charge is 2.37. The zero-order valence-corrected chi connectivity index (χ0v) is 11.9. The Morgan fingerprint density at radius 1 is 1.14 bits per heavy atom. The minimum atomic E-state index is -4.25. The maximum absolute atomic E-state index is 12.8. The largest absolute Gasteiger partial charge is 0.395 e. The van der Waals surface area contributed by atoms with Gasteiger partial charge in [-0.1, -0.05) is 12.1 Å². The summed E-state index contributed by atoms with van der Waals surface area (Å²) in [6, 6.07) is 8.47. The lowest BCUT2D eigenvalue weighted by Gasteiger charge is -2.16. The molecule has 0 bridgehead atoms. The van der Waals surface area contributed by atoms with Gasteiger partial charge in [0, 0.05) is 11.8 Å². The van der Waals surface area contributed by atoms with Gasteiger partial charge in [0.15, 0.2) is 0 Å². The number of benzene rings is 1. The summed E-state index contributed by atoms with van der Waals surface area (Å²) >= 11 is 1.46. The number of rotatable bonds is 2. The summed E-state index contributed by atoms with van der Waals surface area (Å²) in [5.41, 5.74) is 4.11. The zero-order chi connectivity index (χ0) is 15.0. The third-order valence-electron chi connectivity index (χ3n) is 3.41. The van der Waals surface area contributed by atoms with Crippen molar-refractivity contribution in [2.75, 3.05) is 0 Å². The number of halogens is 3. The van der Waals surface area contributed by atoms with Crippen molar-refractivity contribution in [3.8, 4) is 11.3 Å². The molecule has 0 aliphatic rings. The standard InChI is InChI=1S/C15H11F3N2S/c1-9(15(16,17)18)10-5-6-19-13(7-10)11-3-2-4-12-14(11)21-8-20-12/h2-9H,1H3. The minimum absolute atomic E-state index is 0.217. The van der Waals surface area contributed by atoms with Crippen LogP contribution in [0.4, 0.5) is 13.2 Å². The predicted octanol–water partition coefficient (Wildman–Crippen LogP) is 5.02. The number of hydrogen-bond donors (Lipinski definition) is 0. The Balaban J connectivity index is 2.10. The van der Waals surface area contributed by atoms with Gasteiger partial charge >= 0.3 is 6.18 Å². The summed E-state index contributed by atoms with van der Waals surface area (Å²) in [4.78, 5) is 8.43. The van der Waals surface area contributed by atoms with E-state index in [0.717, 1.165) is 22.7 Å².